The lowest BCUT2D eigenvalue weighted by molar-refractivity contribution is -0.175. The average Bonchev–Trinajstić information content (AvgIpc) is 1.99. The summed E-state index contributed by atoms with van der Waals surface area (Å²) in [5, 5.41) is 0. The maximum Gasteiger partial charge on any atom is 0.473 e. The van der Waals surface area contributed by atoms with Gasteiger partial charge in [-0.25, -0.2) is 5.43 Å². The first kappa shape index (κ1) is 11.7. The number of rotatable bonds is 2. The van der Waals surface area contributed by atoms with Crippen molar-refractivity contribution in [3.8, 4) is 0 Å². The molecule has 1 N–H and O–H groups in total. The van der Waals surface area contributed by atoms with Crippen molar-refractivity contribution in [3.63, 3.8) is 0 Å². The van der Waals surface area contributed by atoms with Crippen molar-refractivity contribution in [3.05, 3.63) is 0 Å². The van der Waals surface area contributed by atoms with Crippen LogP contribution < -0.4 is 10.9 Å². The van der Waals surface area contributed by atoms with E-state index in [1.807, 2.05) is 0 Å². The molecule has 0 aromatic carbocycles. The smallest absolute Gasteiger partial charge is 0.271 e. The van der Waals surface area contributed by atoms with Crippen LogP contribution in [0.25, 0.3) is 0 Å². The van der Waals surface area contributed by atoms with Crippen molar-refractivity contribution in [1.29, 1.82) is 0 Å². The van der Waals surface area contributed by atoms with Crippen molar-refractivity contribution in [2.75, 3.05) is 0 Å². The van der Waals surface area contributed by atoms with Gasteiger partial charge in [-0.2, -0.15) is 13.2 Å². The monoisotopic (exact) mass is 197 g/mol. The first-order chi connectivity index (χ1) is 5.88. The highest BCUT2D eigenvalue weighted by Gasteiger charge is 2.39. The molecule has 0 heterocycles. The Balaban J connectivity index is 3.77. The zero-order chi connectivity index (χ0) is 10.5. The molecular weight excluding hydrogens is 189 g/mol. The molecule has 0 aliphatic heterocycles. The van der Waals surface area contributed by atoms with E-state index in [2.05, 4.69) is 5.43 Å². The van der Waals surface area contributed by atoms with Gasteiger partial charge < -0.3 is 0 Å². The minimum absolute atomic E-state index is 0.0120. The molecule has 2 amide bonds. The molecule has 0 atom stereocenters. The molecule has 7 heteroatoms. The molecule has 0 aliphatic carbocycles. The van der Waals surface area contributed by atoms with E-state index in [1.165, 1.54) is 0 Å². The number of carbonyl (C=O) groups is 2. The van der Waals surface area contributed by atoms with Crippen LogP contribution in [0.4, 0.5) is 13.2 Å². The fourth-order valence-electron chi connectivity index (χ4n) is 0.446. The quantitative estimate of drug-likeness (QED) is 0.655. The molecule has 0 unspecified atom stereocenters. The highest BCUT2D eigenvalue weighted by molar-refractivity contribution is 5.84. The maximum atomic E-state index is 11.5. The van der Waals surface area contributed by atoms with Crippen molar-refractivity contribution < 1.29 is 22.8 Å². The fraction of sp³-hybridized carbons (Fsp3) is 0.667. The Labute approximate surface area is 72.5 Å². The first-order valence-corrected chi connectivity index (χ1v) is 3.48. The standard InChI is InChI=1S/C6H8F3N2O2/c1-2-3-4(12)10-11-5(13)6(7,8)9/h2-3H2,1H3,(H,11,13). The van der Waals surface area contributed by atoms with Crippen molar-refractivity contribution in [1.82, 2.24) is 10.9 Å². The molecule has 0 aliphatic rings. The second kappa shape index (κ2) is 4.68. The molecule has 0 aromatic heterocycles. The first-order valence-electron chi connectivity index (χ1n) is 3.48. The second-order valence-corrected chi connectivity index (χ2v) is 2.19. The SMILES string of the molecule is CCCC(=O)[N]NC(=O)C(F)(F)F. The van der Waals surface area contributed by atoms with Crippen LogP contribution in [0.2, 0.25) is 0 Å². The number of nitrogens with one attached hydrogen (secondary N) is 1. The molecule has 0 aromatic rings. The molecule has 1 radical (unpaired) electrons. The Morgan fingerprint density at radius 3 is 2.31 bits per heavy atom. The largest absolute Gasteiger partial charge is 0.473 e. The van der Waals surface area contributed by atoms with Gasteiger partial charge in [0.15, 0.2) is 0 Å². The van der Waals surface area contributed by atoms with Crippen molar-refractivity contribution in [2.45, 2.75) is 25.9 Å². The van der Waals surface area contributed by atoms with Crippen LogP contribution in [-0.2, 0) is 9.59 Å². The lowest BCUT2D eigenvalue weighted by Crippen LogP contribution is -2.43. The minimum Gasteiger partial charge on any atom is -0.271 e. The van der Waals surface area contributed by atoms with E-state index in [4.69, 9.17) is 0 Å². The van der Waals surface area contributed by atoms with Gasteiger partial charge in [0.25, 0.3) is 5.91 Å². The molecule has 0 spiro atoms. The zero-order valence-electron chi connectivity index (χ0n) is 6.81. The lowest BCUT2D eigenvalue weighted by Gasteiger charge is -2.05. The summed E-state index contributed by atoms with van der Waals surface area (Å²) in [4.78, 5) is 20.6. The lowest BCUT2D eigenvalue weighted by atomic mass is 10.3. The van der Waals surface area contributed by atoms with Gasteiger partial charge in [0.1, 0.15) is 0 Å². The number of amides is 2. The number of nitrogens with zero attached hydrogens (tertiary/aromatic N) is 1. The molecule has 13 heavy (non-hydrogen) atoms. The summed E-state index contributed by atoms with van der Waals surface area (Å²) in [5.41, 5.74) is 3.84. The van der Waals surface area contributed by atoms with Gasteiger partial charge in [-0.05, 0) is 6.42 Å². The van der Waals surface area contributed by atoms with Gasteiger partial charge in [-0.3, -0.25) is 9.59 Å². The molecule has 75 valence electrons. The molecule has 0 saturated heterocycles. The highest BCUT2D eigenvalue weighted by atomic mass is 19.4. The maximum absolute atomic E-state index is 11.5. The molecule has 4 nitrogen and oxygen atoms in total. The van der Waals surface area contributed by atoms with Crippen LogP contribution in [0.3, 0.4) is 0 Å². The van der Waals surface area contributed by atoms with E-state index < -0.39 is 18.0 Å². The van der Waals surface area contributed by atoms with Crippen LogP contribution in [0.1, 0.15) is 19.8 Å². The molecule has 0 rings (SSSR count). The highest BCUT2D eigenvalue weighted by Crippen LogP contribution is 2.13. The van der Waals surface area contributed by atoms with Crippen LogP contribution in [0, 0.1) is 0 Å². The third-order valence-electron chi connectivity index (χ3n) is 1.00. The molecule has 0 fully saturated rings. The van der Waals surface area contributed by atoms with E-state index in [1.54, 1.807) is 6.92 Å². The summed E-state index contributed by atoms with van der Waals surface area (Å²) in [7, 11) is 0. The van der Waals surface area contributed by atoms with Crippen molar-refractivity contribution >= 4 is 11.8 Å². The second-order valence-electron chi connectivity index (χ2n) is 2.19. The number of carbonyl (C=O) groups excluding carboxylic acids is 2. The summed E-state index contributed by atoms with van der Waals surface area (Å²) in [6.07, 6.45) is -4.53. The number of halogens is 3. The Morgan fingerprint density at radius 1 is 1.38 bits per heavy atom. The van der Waals surface area contributed by atoms with Crippen LogP contribution in [0.5, 0.6) is 0 Å². The van der Waals surface area contributed by atoms with Crippen molar-refractivity contribution in [2.24, 2.45) is 0 Å². The van der Waals surface area contributed by atoms with Gasteiger partial charge in [0, 0.05) is 6.42 Å². The number of hydrogen-bond donors (Lipinski definition) is 1. The summed E-state index contributed by atoms with van der Waals surface area (Å²) >= 11 is 0. The Bertz CT molecular complexity index is 203. The summed E-state index contributed by atoms with van der Waals surface area (Å²) in [6, 6.07) is 0. The normalized spacial score (nSPS) is 10.8. The van der Waals surface area contributed by atoms with Gasteiger partial charge in [0.05, 0.1) is 0 Å². The van der Waals surface area contributed by atoms with Crippen LogP contribution in [0.15, 0.2) is 0 Å². The Hall–Kier alpha value is -1.27. The summed E-state index contributed by atoms with van der Waals surface area (Å²) < 4.78 is 34.5. The Kier molecular flexibility index (Phi) is 4.22. The van der Waals surface area contributed by atoms with E-state index in [0.29, 0.717) is 6.42 Å². The third-order valence-corrected chi connectivity index (χ3v) is 1.00. The van der Waals surface area contributed by atoms with Gasteiger partial charge in [-0.1, -0.05) is 6.92 Å². The number of hydrogen-bond acceptors (Lipinski definition) is 2. The van der Waals surface area contributed by atoms with Gasteiger partial charge in [-0.15, -0.1) is 5.43 Å². The minimum atomic E-state index is -5.00. The molecule has 0 bridgehead atoms. The van der Waals surface area contributed by atoms with E-state index in [-0.39, 0.29) is 6.42 Å². The van der Waals surface area contributed by atoms with Crippen LogP contribution >= 0.6 is 0 Å². The average molecular weight is 197 g/mol. The third kappa shape index (κ3) is 5.05. The predicted octanol–water partition coefficient (Wildman–Crippen LogP) is 0.511. The fourth-order valence-corrected chi connectivity index (χ4v) is 0.446. The van der Waals surface area contributed by atoms with E-state index in [0.717, 1.165) is 5.43 Å². The summed E-state index contributed by atoms with van der Waals surface area (Å²) in [5.74, 6) is -3.02. The Morgan fingerprint density at radius 2 is 1.92 bits per heavy atom. The van der Waals surface area contributed by atoms with Crippen LogP contribution in [-0.4, -0.2) is 18.0 Å². The molecule has 0 saturated carbocycles. The van der Waals surface area contributed by atoms with Gasteiger partial charge in [0.2, 0.25) is 0 Å². The summed E-state index contributed by atoms with van der Waals surface area (Å²) in [6.45, 7) is 1.67. The zero-order valence-corrected chi connectivity index (χ0v) is 6.81. The number of alkyl halides is 3. The van der Waals surface area contributed by atoms with Gasteiger partial charge >= 0.3 is 12.1 Å². The van der Waals surface area contributed by atoms with E-state index >= 15 is 0 Å². The van der Waals surface area contributed by atoms with E-state index in [9.17, 15) is 22.8 Å². The topological polar surface area (TPSA) is 60.3 Å². The predicted molar refractivity (Wildman–Crippen MR) is 36.2 cm³/mol. The molecular formula is C6H8F3N2O2.